The third-order valence-electron chi connectivity index (χ3n) is 7.32. The van der Waals surface area contributed by atoms with Crippen molar-refractivity contribution in [1.82, 2.24) is 39.0 Å². The number of aliphatic hydroxyl groups is 2. The summed E-state index contributed by atoms with van der Waals surface area (Å²) in [7, 11) is -4.87. The molecule has 7 heterocycles. The standard InChI is InChI=1S/C21H24N9O10P/c22-21-27-16-11(17(33)28-21)26-7-30(16)19-14-13(32)20(39-19)36-2-1-8-10(4-37-41(34,35)40-14)38-18(12(8)31)29-6-25-9-3-23-5-24-15(9)29/h3,5-8,10,12-14,18-20,31-32H,1-2,4H2,(H,34,35)(H3,22,27,28,33)/t8-,10-,12-,13+,14-,18-,19-,20?/m1/s1. The molecule has 3 aliphatic rings. The van der Waals surface area contributed by atoms with Gasteiger partial charge in [-0.3, -0.25) is 28.0 Å². The number of nitrogens with zero attached hydrogens (tertiary/aromatic N) is 7. The number of phosphoric acid groups is 1. The number of ether oxygens (including phenoxy) is 3. The number of nitrogens with two attached hydrogens (primary N) is 1. The van der Waals surface area contributed by atoms with Crippen LogP contribution < -0.4 is 11.3 Å². The maximum absolute atomic E-state index is 13.1. The molecule has 6 N–H and O–H groups in total. The van der Waals surface area contributed by atoms with Crippen LogP contribution in [0, 0.1) is 5.92 Å². The third kappa shape index (κ3) is 4.51. The number of nitrogen functional groups attached to an aromatic ring is 1. The van der Waals surface area contributed by atoms with Crippen molar-refractivity contribution in [2.75, 3.05) is 18.9 Å². The van der Waals surface area contributed by atoms with E-state index in [1.807, 2.05) is 0 Å². The van der Waals surface area contributed by atoms with Crippen LogP contribution in [0.15, 0.2) is 30.0 Å². The van der Waals surface area contributed by atoms with E-state index in [4.69, 9.17) is 29.0 Å². The minimum Gasteiger partial charge on any atom is -0.388 e. The van der Waals surface area contributed by atoms with Crippen LogP contribution in [-0.4, -0.2) is 98.1 Å². The Bertz CT molecular complexity index is 1710. The number of aromatic nitrogens is 8. The maximum Gasteiger partial charge on any atom is 0.472 e. The molecule has 41 heavy (non-hydrogen) atoms. The lowest BCUT2D eigenvalue weighted by Gasteiger charge is -2.26. The van der Waals surface area contributed by atoms with Crippen molar-refractivity contribution in [2.45, 2.75) is 49.6 Å². The van der Waals surface area contributed by atoms with Crippen molar-refractivity contribution < 1.29 is 42.9 Å². The quantitative estimate of drug-likeness (QED) is 0.167. The van der Waals surface area contributed by atoms with Crippen molar-refractivity contribution in [3.05, 3.63) is 35.5 Å². The summed E-state index contributed by atoms with van der Waals surface area (Å²) in [5.74, 6) is -0.824. The zero-order valence-electron chi connectivity index (χ0n) is 20.9. The summed E-state index contributed by atoms with van der Waals surface area (Å²) in [5.41, 5.74) is 5.90. The molecule has 2 unspecified atom stereocenters. The molecule has 3 fully saturated rings. The van der Waals surface area contributed by atoms with Gasteiger partial charge in [-0.15, -0.1) is 0 Å². The molecule has 0 radical (unpaired) electrons. The van der Waals surface area contributed by atoms with Gasteiger partial charge in [-0.25, -0.2) is 24.5 Å². The zero-order valence-corrected chi connectivity index (χ0v) is 21.8. The highest BCUT2D eigenvalue weighted by Crippen LogP contribution is 2.51. The summed E-state index contributed by atoms with van der Waals surface area (Å²) in [5, 5.41) is 22.2. The first kappa shape index (κ1) is 26.5. The smallest absolute Gasteiger partial charge is 0.388 e. The van der Waals surface area contributed by atoms with E-state index in [2.05, 4.69) is 29.9 Å². The van der Waals surface area contributed by atoms with Crippen LogP contribution in [0.2, 0.25) is 0 Å². The summed E-state index contributed by atoms with van der Waals surface area (Å²) >= 11 is 0. The summed E-state index contributed by atoms with van der Waals surface area (Å²) in [4.78, 5) is 45.6. The van der Waals surface area contributed by atoms with Gasteiger partial charge in [-0.1, -0.05) is 0 Å². The zero-order chi connectivity index (χ0) is 28.5. The van der Waals surface area contributed by atoms with E-state index in [1.54, 1.807) is 4.57 Å². The molecule has 0 spiro atoms. The molecule has 7 rings (SSSR count). The normalized spacial score (nSPS) is 36.3. The van der Waals surface area contributed by atoms with E-state index >= 15 is 0 Å². The van der Waals surface area contributed by atoms with Crippen molar-refractivity contribution >= 4 is 36.1 Å². The van der Waals surface area contributed by atoms with E-state index in [9.17, 15) is 24.5 Å². The van der Waals surface area contributed by atoms with Gasteiger partial charge in [0.1, 0.15) is 30.2 Å². The van der Waals surface area contributed by atoms with E-state index in [-0.39, 0.29) is 30.1 Å². The van der Waals surface area contributed by atoms with Crippen LogP contribution in [0.3, 0.4) is 0 Å². The Balaban J connectivity index is 1.17. The molecule has 9 atom stereocenters. The second kappa shape index (κ2) is 9.86. The molecule has 0 aromatic carbocycles. The number of hydrogen-bond acceptors (Lipinski definition) is 15. The van der Waals surface area contributed by atoms with E-state index < -0.39 is 69.1 Å². The Morgan fingerprint density at radius 1 is 1.07 bits per heavy atom. The average Bonchev–Trinajstić information content (AvgIpc) is 3.68. The number of aromatic amines is 1. The van der Waals surface area contributed by atoms with Crippen LogP contribution >= 0.6 is 7.82 Å². The van der Waals surface area contributed by atoms with Crippen molar-refractivity contribution in [2.24, 2.45) is 5.92 Å². The number of hydrogen-bond donors (Lipinski definition) is 5. The van der Waals surface area contributed by atoms with Gasteiger partial charge in [0.15, 0.2) is 35.6 Å². The molecule has 2 bridgehead atoms. The minimum absolute atomic E-state index is 0.00531. The van der Waals surface area contributed by atoms with Gasteiger partial charge < -0.3 is 35.1 Å². The molecule has 4 aromatic heterocycles. The topological polar surface area (TPSA) is 257 Å². The Hall–Kier alpha value is -3.39. The van der Waals surface area contributed by atoms with E-state index in [1.165, 1.54) is 29.7 Å². The van der Waals surface area contributed by atoms with Crippen LogP contribution in [0.25, 0.3) is 22.3 Å². The lowest BCUT2D eigenvalue weighted by atomic mass is 9.95. The summed E-state index contributed by atoms with van der Waals surface area (Å²) in [6, 6.07) is 0. The minimum atomic E-state index is -4.87. The SMILES string of the molecule is Nc1nc2c(ncn2[C@@H]2OC3OCC[C@H]4[C@@H](O)[C@H](n5cnc6cncnc65)O[C@@H]4COP(=O)(O)O[C@@H]2[C@@H]3O)c(=O)[nH]1. The highest BCUT2D eigenvalue weighted by Gasteiger charge is 2.52. The summed E-state index contributed by atoms with van der Waals surface area (Å²) in [6.45, 7) is -0.443. The number of aliphatic hydroxyl groups excluding tert-OH is 2. The average molecular weight is 593 g/mol. The van der Waals surface area contributed by atoms with Gasteiger partial charge in [-0.2, -0.15) is 4.98 Å². The highest BCUT2D eigenvalue weighted by molar-refractivity contribution is 7.47. The predicted octanol–water partition coefficient (Wildman–Crippen LogP) is -1.45. The molecule has 19 nitrogen and oxygen atoms in total. The Morgan fingerprint density at radius 2 is 1.88 bits per heavy atom. The van der Waals surface area contributed by atoms with Crippen LogP contribution in [0.5, 0.6) is 0 Å². The van der Waals surface area contributed by atoms with E-state index in [0.717, 1.165) is 0 Å². The molecule has 0 amide bonds. The third-order valence-corrected chi connectivity index (χ3v) is 8.31. The second-order valence-corrected chi connectivity index (χ2v) is 11.2. The lowest BCUT2D eigenvalue weighted by Crippen LogP contribution is -2.37. The number of fused-ring (bicyclic) bond motifs is 5. The summed E-state index contributed by atoms with van der Waals surface area (Å²) < 4.78 is 44.3. The molecule has 4 aromatic rings. The number of imidazole rings is 2. The molecular formula is C21H24N9O10P. The summed E-state index contributed by atoms with van der Waals surface area (Å²) in [6.07, 6.45) is -2.89. The first-order chi connectivity index (χ1) is 19.7. The van der Waals surface area contributed by atoms with Crippen LogP contribution in [0.1, 0.15) is 18.9 Å². The fraction of sp³-hybridized carbons (Fsp3) is 0.524. The van der Waals surface area contributed by atoms with Crippen molar-refractivity contribution in [3.8, 4) is 0 Å². The molecule has 20 heteroatoms. The first-order valence-electron chi connectivity index (χ1n) is 12.5. The first-order valence-corrected chi connectivity index (χ1v) is 14.0. The molecule has 3 saturated heterocycles. The molecule has 0 aliphatic carbocycles. The maximum atomic E-state index is 13.1. The van der Waals surface area contributed by atoms with Gasteiger partial charge in [0.25, 0.3) is 5.56 Å². The van der Waals surface area contributed by atoms with Crippen LogP contribution in [0.4, 0.5) is 5.95 Å². The molecule has 0 saturated carbocycles. The number of nitrogens with one attached hydrogen (secondary N) is 1. The van der Waals surface area contributed by atoms with Gasteiger partial charge in [0.05, 0.1) is 38.2 Å². The monoisotopic (exact) mass is 593 g/mol. The largest absolute Gasteiger partial charge is 0.472 e. The molecular weight excluding hydrogens is 569 g/mol. The Kier molecular flexibility index (Phi) is 6.38. The van der Waals surface area contributed by atoms with Gasteiger partial charge in [-0.05, 0) is 6.42 Å². The van der Waals surface area contributed by atoms with E-state index in [0.29, 0.717) is 11.2 Å². The number of rotatable bonds is 2. The lowest BCUT2D eigenvalue weighted by molar-refractivity contribution is -0.178. The molecule has 3 aliphatic heterocycles. The van der Waals surface area contributed by atoms with Crippen molar-refractivity contribution in [3.63, 3.8) is 0 Å². The second-order valence-electron chi connectivity index (χ2n) is 9.76. The van der Waals surface area contributed by atoms with Gasteiger partial charge >= 0.3 is 7.82 Å². The Labute approximate surface area is 228 Å². The number of H-pyrrole nitrogens is 1. The Morgan fingerprint density at radius 3 is 2.73 bits per heavy atom. The highest BCUT2D eigenvalue weighted by atomic mass is 31.2. The number of anilines is 1. The fourth-order valence-corrected chi connectivity index (χ4v) is 6.34. The predicted molar refractivity (Wildman–Crippen MR) is 132 cm³/mol. The molecule has 218 valence electrons. The van der Waals surface area contributed by atoms with Gasteiger partial charge in [0, 0.05) is 5.92 Å². The fourth-order valence-electron chi connectivity index (χ4n) is 5.41. The van der Waals surface area contributed by atoms with Crippen LogP contribution in [-0.2, 0) is 27.8 Å². The number of phosphoric ester groups is 1. The van der Waals surface area contributed by atoms with Gasteiger partial charge in [0.2, 0.25) is 5.95 Å². The van der Waals surface area contributed by atoms with Crippen molar-refractivity contribution in [1.29, 1.82) is 0 Å².